The number of carbonyl (C=O) groups is 1. The lowest BCUT2D eigenvalue weighted by atomic mass is 9.95. The third-order valence-corrected chi connectivity index (χ3v) is 2.33. The maximum atomic E-state index is 11.2. The van der Waals surface area contributed by atoms with E-state index in [1.165, 1.54) is 31.4 Å². The van der Waals surface area contributed by atoms with Gasteiger partial charge in [-0.25, -0.2) is 0 Å². The van der Waals surface area contributed by atoms with Crippen molar-refractivity contribution in [2.24, 2.45) is 0 Å². The largest absolute Gasteiger partial charge is 0.392 e. The molecule has 1 rings (SSSR count). The predicted octanol–water partition coefficient (Wildman–Crippen LogP) is 0.984. The SMILES string of the molecule is O=C(/C=C/CO)NC1CCCCC1. The lowest BCUT2D eigenvalue weighted by Gasteiger charge is -2.21. The van der Waals surface area contributed by atoms with Crippen LogP contribution in [0.25, 0.3) is 0 Å². The van der Waals surface area contributed by atoms with Crippen LogP contribution < -0.4 is 5.32 Å². The van der Waals surface area contributed by atoms with E-state index in [1.54, 1.807) is 0 Å². The van der Waals surface area contributed by atoms with Crippen LogP contribution in [-0.2, 0) is 4.79 Å². The zero-order valence-electron chi connectivity index (χ0n) is 7.83. The zero-order valence-corrected chi connectivity index (χ0v) is 7.83. The van der Waals surface area contributed by atoms with Gasteiger partial charge in [0.15, 0.2) is 0 Å². The number of carbonyl (C=O) groups excluding carboxylic acids is 1. The highest BCUT2D eigenvalue weighted by atomic mass is 16.2. The van der Waals surface area contributed by atoms with E-state index in [1.807, 2.05) is 0 Å². The van der Waals surface area contributed by atoms with Gasteiger partial charge in [-0.3, -0.25) is 4.79 Å². The Morgan fingerprint density at radius 2 is 2.08 bits per heavy atom. The standard InChI is InChI=1S/C10H17NO2/c12-8-4-7-10(13)11-9-5-2-1-3-6-9/h4,7,9,12H,1-3,5-6,8H2,(H,11,13)/b7-4+. The average molecular weight is 183 g/mol. The van der Waals surface area contributed by atoms with Crippen LogP contribution in [0, 0.1) is 0 Å². The molecule has 1 aliphatic rings. The van der Waals surface area contributed by atoms with E-state index >= 15 is 0 Å². The summed E-state index contributed by atoms with van der Waals surface area (Å²) in [4.78, 5) is 11.2. The number of nitrogens with one attached hydrogen (secondary N) is 1. The lowest BCUT2D eigenvalue weighted by Crippen LogP contribution is -2.35. The number of rotatable bonds is 3. The first-order valence-electron chi connectivity index (χ1n) is 4.91. The molecule has 0 saturated heterocycles. The van der Waals surface area contributed by atoms with Crippen molar-refractivity contribution in [1.29, 1.82) is 0 Å². The van der Waals surface area contributed by atoms with Crippen LogP contribution >= 0.6 is 0 Å². The highest BCUT2D eigenvalue weighted by Crippen LogP contribution is 2.17. The van der Waals surface area contributed by atoms with Crippen LogP contribution in [0.2, 0.25) is 0 Å². The lowest BCUT2D eigenvalue weighted by molar-refractivity contribution is -0.117. The molecular weight excluding hydrogens is 166 g/mol. The van der Waals surface area contributed by atoms with E-state index in [0.717, 1.165) is 12.8 Å². The van der Waals surface area contributed by atoms with Crippen LogP contribution in [0.15, 0.2) is 12.2 Å². The van der Waals surface area contributed by atoms with Crippen molar-refractivity contribution in [2.45, 2.75) is 38.1 Å². The summed E-state index contributed by atoms with van der Waals surface area (Å²) in [6.07, 6.45) is 8.77. The van der Waals surface area contributed by atoms with Gasteiger partial charge in [0, 0.05) is 12.1 Å². The first kappa shape index (κ1) is 10.3. The molecule has 0 heterocycles. The molecule has 2 N–H and O–H groups in total. The normalized spacial score (nSPS) is 19.2. The van der Waals surface area contributed by atoms with Gasteiger partial charge < -0.3 is 10.4 Å². The summed E-state index contributed by atoms with van der Waals surface area (Å²) >= 11 is 0. The van der Waals surface area contributed by atoms with E-state index in [0.29, 0.717) is 6.04 Å². The number of amides is 1. The molecule has 0 aliphatic heterocycles. The van der Waals surface area contributed by atoms with Crippen LogP contribution in [0.5, 0.6) is 0 Å². The monoisotopic (exact) mass is 183 g/mol. The maximum Gasteiger partial charge on any atom is 0.243 e. The molecule has 1 aliphatic carbocycles. The molecule has 13 heavy (non-hydrogen) atoms. The summed E-state index contributed by atoms with van der Waals surface area (Å²) in [5.74, 6) is -0.0825. The minimum Gasteiger partial charge on any atom is -0.392 e. The molecule has 0 aromatic heterocycles. The second-order valence-corrected chi connectivity index (χ2v) is 3.43. The maximum absolute atomic E-state index is 11.2. The van der Waals surface area contributed by atoms with Gasteiger partial charge in [-0.15, -0.1) is 0 Å². The Labute approximate surface area is 78.8 Å². The highest BCUT2D eigenvalue weighted by molar-refractivity contribution is 5.87. The molecule has 74 valence electrons. The smallest absolute Gasteiger partial charge is 0.243 e. The van der Waals surface area contributed by atoms with Gasteiger partial charge >= 0.3 is 0 Å². The fourth-order valence-corrected chi connectivity index (χ4v) is 1.66. The summed E-state index contributed by atoms with van der Waals surface area (Å²) in [6, 6.07) is 0.351. The number of hydrogen-bond donors (Lipinski definition) is 2. The molecule has 0 unspecified atom stereocenters. The Morgan fingerprint density at radius 1 is 1.38 bits per heavy atom. The minimum atomic E-state index is -0.0825. The van der Waals surface area contributed by atoms with Crippen LogP contribution in [0.3, 0.4) is 0 Å². The van der Waals surface area contributed by atoms with E-state index in [-0.39, 0.29) is 12.5 Å². The molecule has 1 amide bonds. The summed E-state index contributed by atoms with van der Waals surface area (Å²) in [5.41, 5.74) is 0. The Kier molecular flexibility index (Phi) is 4.54. The second kappa shape index (κ2) is 5.75. The van der Waals surface area contributed by atoms with Gasteiger partial charge in [-0.05, 0) is 12.8 Å². The van der Waals surface area contributed by atoms with Crippen LogP contribution in [0.1, 0.15) is 32.1 Å². The molecule has 3 nitrogen and oxygen atoms in total. The van der Waals surface area contributed by atoms with E-state index in [4.69, 9.17) is 5.11 Å². The van der Waals surface area contributed by atoms with Crippen molar-refractivity contribution in [3.8, 4) is 0 Å². The molecule has 1 saturated carbocycles. The van der Waals surface area contributed by atoms with E-state index < -0.39 is 0 Å². The summed E-state index contributed by atoms with van der Waals surface area (Å²) in [6.45, 7) is -0.0713. The summed E-state index contributed by atoms with van der Waals surface area (Å²) < 4.78 is 0. The van der Waals surface area contributed by atoms with Crippen LogP contribution in [-0.4, -0.2) is 23.7 Å². The first-order valence-corrected chi connectivity index (χ1v) is 4.91. The van der Waals surface area contributed by atoms with Gasteiger partial charge in [0.05, 0.1) is 6.61 Å². The van der Waals surface area contributed by atoms with Crippen molar-refractivity contribution in [2.75, 3.05) is 6.61 Å². The van der Waals surface area contributed by atoms with Crippen molar-refractivity contribution >= 4 is 5.91 Å². The fourth-order valence-electron chi connectivity index (χ4n) is 1.66. The van der Waals surface area contributed by atoms with Crippen molar-refractivity contribution < 1.29 is 9.90 Å². The van der Waals surface area contributed by atoms with Gasteiger partial charge in [0.2, 0.25) is 5.91 Å². The van der Waals surface area contributed by atoms with Gasteiger partial charge in [0.1, 0.15) is 0 Å². The Balaban J connectivity index is 2.22. The van der Waals surface area contributed by atoms with Crippen molar-refractivity contribution in [1.82, 2.24) is 5.32 Å². The molecular formula is C10H17NO2. The Morgan fingerprint density at radius 3 is 2.69 bits per heavy atom. The third-order valence-electron chi connectivity index (χ3n) is 2.33. The summed E-state index contributed by atoms with van der Waals surface area (Å²) in [5, 5.41) is 11.4. The van der Waals surface area contributed by atoms with Crippen molar-refractivity contribution in [3.05, 3.63) is 12.2 Å². The van der Waals surface area contributed by atoms with Crippen LogP contribution in [0.4, 0.5) is 0 Å². The second-order valence-electron chi connectivity index (χ2n) is 3.43. The number of aliphatic hydroxyl groups excluding tert-OH is 1. The average Bonchev–Trinajstić information content (AvgIpc) is 2.16. The number of aliphatic hydroxyl groups is 1. The molecule has 0 spiro atoms. The quantitative estimate of drug-likeness (QED) is 0.641. The number of hydrogen-bond acceptors (Lipinski definition) is 2. The summed E-state index contributed by atoms with van der Waals surface area (Å²) in [7, 11) is 0. The van der Waals surface area contributed by atoms with Crippen molar-refractivity contribution in [3.63, 3.8) is 0 Å². The van der Waals surface area contributed by atoms with Gasteiger partial charge in [-0.2, -0.15) is 0 Å². The molecule has 0 bridgehead atoms. The highest BCUT2D eigenvalue weighted by Gasteiger charge is 2.13. The zero-order chi connectivity index (χ0) is 9.52. The molecule has 0 aromatic rings. The molecule has 0 aromatic carbocycles. The predicted molar refractivity (Wildman–Crippen MR) is 51.2 cm³/mol. The Bertz CT molecular complexity index is 183. The topological polar surface area (TPSA) is 49.3 Å². The fraction of sp³-hybridized carbons (Fsp3) is 0.700. The van der Waals surface area contributed by atoms with Gasteiger partial charge in [0.25, 0.3) is 0 Å². The Hall–Kier alpha value is -0.830. The molecule has 0 atom stereocenters. The molecule has 1 fully saturated rings. The molecule has 3 heteroatoms. The van der Waals surface area contributed by atoms with E-state index in [2.05, 4.69) is 5.32 Å². The van der Waals surface area contributed by atoms with Gasteiger partial charge in [-0.1, -0.05) is 25.3 Å². The molecule has 0 radical (unpaired) electrons. The first-order chi connectivity index (χ1) is 6.33. The minimum absolute atomic E-state index is 0.0713. The third kappa shape index (κ3) is 4.08. The van der Waals surface area contributed by atoms with E-state index in [9.17, 15) is 4.79 Å².